The van der Waals surface area contributed by atoms with Crippen LogP contribution in [0.2, 0.25) is 0 Å². The van der Waals surface area contributed by atoms with Crippen molar-refractivity contribution in [1.82, 2.24) is 0 Å². The van der Waals surface area contributed by atoms with E-state index in [9.17, 15) is 9.90 Å². The Bertz CT molecular complexity index is 693. The monoisotopic (exact) mass is 296 g/mol. The summed E-state index contributed by atoms with van der Waals surface area (Å²) in [5.74, 6) is -0.260. The molecule has 22 heavy (non-hydrogen) atoms. The lowest BCUT2D eigenvalue weighted by atomic mass is 9.64. The van der Waals surface area contributed by atoms with E-state index in [0.29, 0.717) is 12.8 Å². The van der Waals surface area contributed by atoms with E-state index in [1.54, 1.807) is 7.11 Å². The summed E-state index contributed by atoms with van der Waals surface area (Å²) in [6, 6.07) is 16.1. The summed E-state index contributed by atoms with van der Waals surface area (Å²) in [4.78, 5) is 11.6. The van der Waals surface area contributed by atoms with Crippen molar-refractivity contribution in [2.45, 2.75) is 25.2 Å². The van der Waals surface area contributed by atoms with Crippen LogP contribution in [-0.4, -0.2) is 18.2 Å². The molecule has 3 nitrogen and oxygen atoms in total. The first kappa shape index (κ1) is 14.6. The van der Waals surface area contributed by atoms with Crippen molar-refractivity contribution in [1.29, 1.82) is 0 Å². The van der Waals surface area contributed by atoms with Crippen LogP contribution < -0.4 is 4.74 Å². The van der Waals surface area contributed by atoms with Gasteiger partial charge in [0.15, 0.2) is 0 Å². The first-order chi connectivity index (χ1) is 10.5. The molecule has 0 radical (unpaired) electrons. The topological polar surface area (TPSA) is 46.5 Å². The van der Waals surface area contributed by atoms with Crippen molar-refractivity contribution < 1.29 is 14.6 Å². The minimum absolute atomic E-state index is 0.313. The quantitative estimate of drug-likeness (QED) is 0.940. The van der Waals surface area contributed by atoms with E-state index < -0.39 is 5.97 Å². The molecule has 2 atom stereocenters. The van der Waals surface area contributed by atoms with E-state index in [1.165, 1.54) is 5.56 Å². The predicted molar refractivity (Wildman–Crippen MR) is 85.3 cm³/mol. The van der Waals surface area contributed by atoms with Crippen LogP contribution in [0.5, 0.6) is 5.75 Å². The molecule has 2 aromatic carbocycles. The number of ether oxygens (including phenoxy) is 1. The van der Waals surface area contributed by atoms with Crippen LogP contribution in [0, 0.1) is 5.92 Å². The first-order valence-electron chi connectivity index (χ1n) is 7.50. The molecule has 2 unspecified atom stereocenters. The second-order valence-electron chi connectivity index (χ2n) is 6.16. The van der Waals surface area contributed by atoms with E-state index in [1.807, 2.05) is 30.3 Å². The maximum Gasteiger partial charge on any atom is 0.306 e. The Kier molecular flexibility index (Phi) is 3.65. The molecule has 0 saturated carbocycles. The second kappa shape index (κ2) is 5.48. The fourth-order valence-electron chi connectivity index (χ4n) is 3.57. The number of hydrogen-bond acceptors (Lipinski definition) is 2. The average molecular weight is 296 g/mol. The van der Waals surface area contributed by atoms with Crippen LogP contribution in [0.1, 0.15) is 30.0 Å². The molecule has 0 saturated heterocycles. The normalized spacial score (nSPS) is 23.6. The largest absolute Gasteiger partial charge is 0.497 e. The summed E-state index contributed by atoms with van der Waals surface area (Å²) >= 11 is 0. The molecular weight excluding hydrogens is 276 g/mol. The van der Waals surface area contributed by atoms with E-state index in [2.05, 4.69) is 25.1 Å². The van der Waals surface area contributed by atoms with Gasteiger partial charge < -0.3 is 9.84 Å². The number of fused-ring (bicyclic) bond motifs is 1. The number of carboxylic acid groups (broad SMARTS) is 1. The molecule has 0 aliphatic heterocycles. The average Bonchev–Trinajstić information content (AvgIpc) is 2.55. The van der Waals surface area contributed by atoms with Crippen molar-refractivity contribution in [2.24, 2.45) is 5.92 Å². The Labute approximate surface area is 130 Å². The standard InChI is InChI=1S/C19H20O3/c1-19(15-6-4-3-5-7-15)12-14(18(20)21)10-13-8-9-16(22-2)11-17(13)19/h3-9,11,14H,10,12H2,1-2H3,(H,20,21). The molecule has 3 rings (SSSR count). The Balaban J connectivity index is 2.18. The number of rotatable bonds is 3. The number of carboxylic acids is 1. The third-order valence-electron chi connectivity index (χ3n) is 4.79. The summed E-state index contributed by atoms with van der Waals surface area (Å²) in [6.07, 6.45) is 1.18. The SMILES string of the molecule is COc1ccc2c(c1)C(C)(c1ccccc1)CC(C(=O)O)C2. The van der Waals surface area contributed by atoms with Gasteiger partial charge in [-0.25, -0.2) is 0 Å². The third kappa shape index (κ3) is 2.37. The van der Waals surface area contributed by atoms with E-state index in [4.69, 9.17) is 4.74 Å². The number of aliphatic carboxylic acids is 1. The Morgan fingerprint density at radius 3 is 2.59 bits per heavy atom. The van der Waals surface area contributed by atoms with Crippen LogP contribution in [0.15, 0.2) is 48.5 Å². The van der Waals surface area contributed by atoms with Gasteiger partial charge in [0.2, 0.25) is 0 Å². The van der Waals surface area contributed by atoms with Crippen LogP contribution in [-0.2, 0) is 16.6 Å². The van der Waals surface area contributed by atoms with E-state index in [0.717, 1.165) is 16.9 Å². The van der Waals surface area contributed by atoms with Crippen LogP contribution in [0.25, 0.3) is 0 Å². The van der Waals surface area contributed by atoms with Crippen LogP contribution in [0.3, 0.4) is 0 Å². The van der Waals surface area contributed by atoms with Gasteiger partial charge in [-0.1, -0.05) is 43.3 Å². The van der Waals surface area contributed by atoms with Crippen molar-refractivity contribution in [3.8, 4) is 5.75 Å². The van der Waals surface area contributed by atoms with Gasteiger partial charge in [-0.15, -0.1) is 0 Å². The van der Waals surface area contributed by atoms with Gasteiger partial charge >= 0.3 is 5.97 Å². The van der Waals surface area contributed by atoms with Gasteiger partial charge in [-0.2, -0.15) is 0 Å². The van der Waals surface area contributed by atoms with Gasteiger partial charge in [0.05, 0.1) is 13.0 Å². The Hall–Kier alpha value is -2.29. The van der Waals surface area contributed by atoms with Crippen molar-refractivity contribution in [3.05, 3.63) is 65.2 Å². The predicted octanol–water partition coefficient (Wildman–Crippen LogP) is 3.65. The highest BCUT2D eigenvalue weighted by Gasteiger charge is 2.40. The summed E-state index contributed by atoms with van der Waals surface area (Å²) in [5.41, 5.74) is 3.11. The Morgan fingerprint density at radius 1 is 1.23 bits per heavy atom. The highest BCUT2D eigenvalue weighted by molar-refractivity contribution is 5.72. The Morgan fingerprint density at radius 2 is 1.95 bits per heavy atom. The van der Waals surface area contributed by atoms with Gasteiger partial charge in [0.25, 0.3) is 0 Å². The number of hydrogen-bond donors (Lipinski definition) is 1. The van der Waals surface area contributed by atoms with Crippen molar-refractivity contribution in [2.75, 3.05) is 7.11 Å². The molecule has 1 aliphatic rings. The highest BCUT2D eigenvalue weighted by Crippen LogP contribution is 2.45. The fourth-order valence-corrected chi connectivity index (χ4v) is 3.57. The number of methoxy groups -OCH3 is 1. The summed E-state index contributed by atoms with van der Waals surface area (Å²) in [5, 5.41) is 9.52. The zero-order valence-corrected chi connectivity index (χ0v) is 12.9. The van der Waals surface area contributed by atoms with E-state index in [-0.39, 0.29) is 11.3 Å². The number of carbonyl (C=O) groups is 1. The van der Waals surface area contributed by atoms with Gasteiger partial charge in [-0.3, -0.25) is 4.79 Å². The van der Waals surface area contributed by atoms with E-state index >= 15 is 0 Å². The molecule has 0 aromatic heterocycles. The van der Waals surface area contributed by atoms with Gasteiger partial charge in [0.1, 0.15) is 5.75 Å². The summed E-state index contributed by atoms with van der Waals surface area (Å²) in [6.45, 7) is 2.13. The van der Waals surface area contributed by atoms with Gasteiger partial charge in [-0.05, 0) is 41.7 Å². The van der Waals surface area contributed by atoms with Gasteiger partial charge in [0, 0.05) is 5.41 Å². The molecule has 0 bridgehead atoms. The smallest absolute Gasteiger partial charge is 0.306 e. The maximum absolute atomic E-state index is 11.6. The zero-order chi connectivity index (χ0) is 15.7. The molecule has 0 heterocycles. The molecule has 3 heteroatoms. The molecule has 0 spiro atoms. The van der Waals surface area contributed by atoms with Crippen molar-refractivity contribution in [3.63, 3.8) is 0 Å². The zero-order valence-electron chi connectivity index (χ0n) is 12.9. The maximum atomic E-state index is 11.6. The van der Waals surface area contributed by atoms with Crippen molar-refractivity contribution >= 4 is 5.97 Å². The molecule has 0 fully saturated rings. The minimum Gasteiger partial charge on any atom is -0.497 e. The summed E-state index contributed by atoms with van der Waals surface area (Å²) in [7, 11) is 1.66. The lowest BCUT2D eigenvalue weighted by Crippen LogP contribution is -2.36. The minimum atomic E-state index is -0.719. The lowest BCUT2D eigenvalue weighted by molar-refractivity contribution is -0.142. The third-order valence-corrected chi connectivity index (χ3v) is 4.79. The fraction of sp³-hybridized carbons (Fsp3) is 0.316. The highest BCUT2D eigenvalue weighted by atomic mass is 16.5. The molecule has 2 aromatic rings. The first-order valence-corrected chi connectivity index (χ1v) is 7.50. The van der Waals surface area contributed by atoms with Crippen LogP contribution in [0.4, 0.5) is 0 Å². The molecule has 114 valence electrons. The molecule has 0 amide bonds. The molecule has 1 N–H and O–H groups in total. The number of benzene rings is 2. The molecule has 1 aliphatic carbocycles. The molecular formula is C19H20O3. The summed E-state index contributed by atoms with van der Waals surface area (Å²) < 4.78 is 5.37. The second-order valence-corrected chi connectivity index (χ2v) is 6.16. The lowest BCUT2D eigenvalue weighted by Gasteiger charge is -2.39. The van der Waals surface area contributed by atoms with Crippen LogP contribution >= 0.6 is 0 Å².